The summed E-state index contributed by atoms with van der Waals surface area (Å²) in [7, 11) is 0. The molecule has 0 aromatic carbocycles. The molecule has 0 unspecified atom stereocenters. The van der Waals surface area contributed by atoms with Crippen molar-refractivity contribution in [1.29, 1.82) is 0 Å². The monoisotopic (exact) mass is 208 g/mol. The molecule has 13 heavy (non-hydrogen) atoms. The van der Waals surface area contributed by atoms with Gasteiger partial charge in [0.15, 0.2) is 0 Å². The summed E-state index contributed by atoms with van der Waals surface area (Å²) < 4.78 is 0. The van der Waals surface area contributed by atoms with Crippen molar-refractivity contribution in [3.05, 3.63) is 0 Å². The van der Waals surface area contributed by atoms with E-state index in [0.717, 1.165) is 19.4 Å². The lowest BCUT2D eigenvalue weighted by molar-refractivity contribution is -0.121. The molecule has 0 saturated carbocycles. The molecule has 0 fully saturated rings. The Balaban J connectivity index is 0. The third-order valence-electron chi connectivity index (χ3n) is 1.71. The summed E-state index contributed by atoms with van der Waals surface area (Å²) in [5, 5.41) is 2.86. The molecule has 80 valence electrons. The van der Waals surface area contributed by atoms with Crippen molar-refractivity contribution in [3.8, 4) is 0 Å². The summed E-state index contributed by atoms with van der Waals surface area (Å²) >= 11 is 0. The molecule has 0 aliphatic heterocycles. The fourth-order valence-corrected chi connectivity index (χ4v) is 0.954. The topological polar surface area (TPSA) is 55.1 Å². The molecule has 0 aromatic heterocycles. The maximum atomic E-state index is 11.0. The quantitative estimate of drug-likeness (QED) is 0.623. The number of unbranched alkanes of at least 4 members (excludes halogenated alkanes) is 2. The number of hydrogen-bond acceptors (Lipinski definition) is 2. The lowest BCUT2D eigenvalue weighted by Crippen LogP contribution is -2.24. The van der Waals surface area contributed by atoms with Crippen LogP contribution in [-0.2, 0) is 4.79 Å². The van der Waals surface area contributed by atoms with E-state index in [1.165, 1.54) is 12.8 Å². The molecule has 1 amide bonds. The number of carbonyl (C=O) groups is 1. The van der Waals surface area contributed by atoms with Crippen LogP contribution < -0.4 is 11.1 Å². The van der Waals surface area contributed by atoms with E-state index in [1.54, 1.807) is 0 Å². The van der Waals surface area contributed by atoms with Gasteiger partial charge in [0.25, 0.3) is 0 Å². The largest absolute Gasteiger partial charge is 0.356 e. The van der Waals surface area contributed by atoms with E-state index in [0.29, 0.717) is 13.0 Å². The molecule has 0 atom stereocenters. The number of amides is 1. The molecule has 0 aliphatic carbocycles. The molecule has 0 radical (unpaired) electrons. The number of nitrogens with two attached hydrogens (primary N) is 1. The highest BCUT2D eigenvalue weighted by Gasteiger charge is 1.97. The SMILES string of the molecule is CCCCCNC(=O)CCCN.Cl. The summed E-state index contributed by atoms with van der Waals surface area (Å²) in [6.07, 6.45) is 4.84. The van der Waals surface area contributed by atoms with Gasteiger partial charge < -0.3 is 11.1 Å². The Bertz CT molecular complexity index is 120. The first kappa shape index (κ1) is 15.2. The van der Waals surface area contributed by atoms with Crippen LogP contribution >= 0.6 is 12.4 Å². The molecule has 0 aliphatic rings. The number of nitrogens with one attached hydrogen (secondary N) is 1. The Morgan fingerprint density at radius 2 is 2.00 bits per heavy atom. The number of hydrogen-bond donors (Lipinski definition) is 2. The Labute approximate surface area is 86.9 Å². The minimum atomic E-state index is 0. The molecule has 3 nitrogen and oxygen atoms in total. The normalized spacial score (nSPS) is 9.08. The Morgan fingerprint density at radius 3 is 2.54 bits per heavy atom. The molecule has 0 rings (SSSR count). The minimum absolute atomic E-state index is 0. The highest BCUT2D eigenvalue weighted by Crippen LogP contribution is 1.92. The summed E-state index contributed by atoms with van der Waals surface area (Å²) in [6.45, 7) is 3.57. The molecule has 0 spiro atoms. The molecule has 0 aromatic rings. The minimum Gasteiger partial charge on any atom is -0.356 e. The Kier molecular flexibility index (Phi) is 13.7. The van der Waals surface area contributed by atoms with Crippen LogP contribution in [0.25, 0.3) is 0 Å². The van der Waals surface area contributed by atoms with Crippen LogP contribution in [0.4, 0.5) is 0 Å². The molecular weight excluding hydrogens is 188 g/mol. The maximum Gasteiger partial charge on any atom is 0.220 e. The van der Waals surface area contributed by atoms with Gasteiger partial charge in [-0.15, -0.1) is 12.4 Å². The zero-order valence-corrected chi connectivity index (χ0v) is 9.16. The van der Waals surface area contributed by atoms with Crippen LogP contribution in [0.2, 0.25) is 0 Å². The average Bonchev–Trinajstić information content (AvgIpc) is 2.09. The lowest BCUT2D eigenvalue weighted by Gasteiger charge is -2.02. The van der Waals surface area contributed by atoms with Crippen LogP contribution in [0.5, 0.6) is 0 Å². The number of carbonyl (C=O) groups excluding carboxylic acids is 1. The molecule has 4 heteroatoms. The highest BCUT2D eigenvalue weighted by atomic mass is 35.5. The molecule has 0 bridgehead atoms. The van der Waals surface area contributed by atoms with Gasteiger partial charge in [-0.3, -0.25) is 4.79 Å². The fourth-order valence-electron chi connectivity index (χ4n) is 0.954. The first-order valence-corrected chi connectivity index (χ1v) is 4.78. The van der Waals surface area contributed by atoms with E-state index >= 15 is 0 Å². The lowest BCUT2D eigenvalue weighted by atomic mass is 10.2. The summed E-state index contributed by atoms with van der Waals surface area (Å²) in [4.78, 5) is 11.0. The van der Waals surface area contributed by atoms with Crippen molar-refractivity contribution in [2.45, 2.75) is 39.0 Å². The van der Waals surface area contributed by atoms with Gasteiger partial charge in [0, 0.05) is 13.0 Å². The van der Waals surface area contributed by atoms with E-state index in [4.69, 9.17) is 5.73 Å². The average molecular weight is 209 g/mol. The zero-order valence-electron chi connectivity index (χ0n) is 8.34. The number of rotatable bonds is 7. The molecule has 0 saturated heterocycles. The third-order valence-corrected chi connectivity index (χ3v) is 1.71. The van der Waals surface area contributed by atoms with Gasteiger partial charge in [-0.05, 0) is 19.4 Å². The van der Waals surface area contributed by atoms with E-state index < -0.39 is 0 Å². The van der Waals surface area contributed by atoms with E-state index in [1.807, 2.05) is 0 Å². The Hall–Kier alpha value is -0.280. The predicted octanol–water partition coefficient (Wildman–Crippen LogP) is 1.45. The zero-order chi connectivity index (χ0) is 9.23. The van der Waals surface area contributed by atoms with Crippen LogP contribution in [0, 0.1) is 0 Å². The summed E-state index contributed by atoms with van der Waals surface area (Å²) in [5.74, 6) is 0.136. The van der Waals surface area contributed by atoms with Crippen molar-refractivity contribution in [2.75, 3.05) is 13.1 Å². The van der Waals surface area contributed by atoms with Gasteiger partial charge in [-0.1, -0.05) is 19.8 Å². The second-order valence-electron chi connectivity index (χ2n) is 2.95. The second-order valence-corrected chi connectivity index (χ2v) is 2.95. The molecular formula is C9H21ClN2O. The maximum absolute atomic E-state index is 11.0. The first-order chi connectivity index (χ1) is 5.81. The van der Waals surface area contributed by atoms with Gasteiger partial charge in [0.05, 0.1) is 0 Å². The van der Waals surface area contributed by atoms with Gasteiger partial charge >= 0.3 is 0 Å². The highest BCUT2D eigenvalue weighted by molar-refractivity contribution is 5.85. The standard InChI is InChI=1S/C9H20N2O.ClH/c1-2-3-4-8-11-9(12)6-5-7-10;/h2-8,10H2,1H3,(H,11,12);1H. The molecule has 0 heterocycles. The van der Waals surface area contributed by atoms with Crippen molar-refractivity contribution in [3.63, 3.8) is 0 Å². The third kappa shape index (κ3) is 11.7. The molecule has 3 N–H and O–H groups in total. The first-order valence-electron chi connectivity index (χ1n) is 4.78. The fraction of sp³-hybridized carbons (Fsp3) is 0.889. The van der Waals surface area contributed by atoms with E-state index in [-0.39, 0.29) is 18.3 Å². The van der Waals surface area contributed by atoms with Crippen LogP contribution in [0.1, 0.15) is 39.0 Å². The van der Waals surface area contributed by atoms with Crippen molar-refractivity contribution >= 4 is 18.3 Å². The van der Waals surface area contributed by atoms with Crippen LogP contribution in [0.3, 0.4) is 0 Å². The second kappa shape index (κ2) is 11.7. The van der Waals surface area contributed by atoms with Crippen molar-refractivity contribution < 1.29 is 4.79 Å². The van der Waals surface area contributed by atoms with Crippen molar-refractivity contribution in [1.82, 2.24) is 5.32 Å². The summed E-state index contributed by atoms with van der Waals surface area (Å²) in [5.41, 5.74) is 5.27. The van der Waals surface area contributed by atoms with Gasteiger partial charge in [0.2, 0.25) is 5.91 Å². The van der Waals surface area contributed by atoms with Crippen LogP contribution in [-0.4, -0.2) is 19.0 Å². The predicted molar refractivity (Wildman–Crippen MR) is 58.1 cm³/mol. The van der Waals surface area contributed by atoms with Gasteiger partial charge in [-0.25, -0.2) is 0 Å². The van der Waals surface area contributed by atoms with E-state index in [9.17, 15) is 4.79 Å². The van der Waals surface area contributed by atoms with Gasteiger partial charge in [0.1, 0.15) is 0 Å². The van der Waals surface area contributed by atoms with Crippen molar-refractivity contribution in [2.24, 2.45) is 5.73 Å². The van der Waals surface area contributed by atoms with Gasteiger partial charge in [-0.2, -0.15) is 0 Å². The van der Waals surface area contributed by atoms with Crippen LogP contribution in [0.15, 0.2) is 0 Å². The van der Waals surface area contributed by atoms with E-state index in [2.05, 4.69) is 12.2 Å². The summed E-state index contributed by atoms with van der Waals surface area (Å²) in [6, 6.07) is 0. The number of halogens is 1. The smallest absolute Gasteiger partial charge is 0.220 e. The Morgan fingerprint density at radius 1 is 1.31 bits per heavy atom.